The van der Waals surface area contributed by atoms with Crippen molar-refractivity contribution < 1.29 is 4.79 Å². The van der Waals surface area contributed by atoms with Crippen molar-refractivity contribution in [3.05, 3.63) is 0 Å². The summed E-state index contributed by atoms with van der Waals surface area (Å²) < 4.78 is 0. The molecule has 0 aromatic heterocycles. The van der Waals surface area contributed by atoms with Gasteiger partial charge in [-0.3, -0.25) is 4.79 Å². The average Bonchev–Trinajstić information content (AvgIpc) is 2.98. The van der Waals surface area contributed by atoms with E-state index in [0.29, 0.717) is 17.1 Å². The Balaban J connectivity index is 1.49. The lowest BCUT2D eigenvalue weighted by Crippen LogP contribution is -2.47. The summed E-state index contributed by atoms with van der Waals surface area (Å²) in [5.74, 6) is 5.17. The Labute approximate surface area is 117 Å². The SMILES string of the molecule is NC1C2CCC(C2)C1C(=O)NCC1CSCCS1. The van der Waals surface area contributed by atoms with Gasteiger partial charge in [0, 0.05) is 35.1 Å². The normalized spacial score (nSPS) is 43.1. The number of nitrogens with one attached hydrogen (secondary N) is 1. The summed E-state index contributed by atoms with van der Waals surface area (Å²) in [6.45, 7) is 0.830. The highest BCUT2D eigenvalue weighted by Gasteiger charge is 2.48. The number of carbonyl (C=O) groups is 1. The molecule has 1 heterocycles. The molecule has 1 aliphatic heterocycles. The Hall–Kier alpha value is 0.130. The molecular formula is C13H22N2OS2. The maximum Gasteiger partial charge on any atom is 0.225 e. The molecule has 3 N–H and O–H groups in total. The van der Waals surface area contributed by atoms with Gasteiger partial charge in [-0.25, -0.2) is 0 Å². The third-order valence-electron chi connectivity index (χ3n) is 4.67. The lowest BCUT2D eigenvalue weighted by atomic mass is 9.84. The van der Waals surface area contributed by atoms with Crippen LogP contribution in [0.15, 0.2) is 0 Å². The fourth-order valence-electron chi connectivity index (χ4n) is 3.71. The molecule has 0 aromatic rings. The molecule has 5 heteroatoms. The van der Waals surface area contributed by atoms with Gasteiger partial charge in [-0.15, -0.1) is 0 Å². The highest BCUT2D eigenvalue weighted by Crippen LogP contribution is 2.47. The van der Waals surface area contributed by atoms with E-state index < -0.39 is 0 Å². The Morgan fingerprint density at radius 3 is 2.78 bits per heavy atom. The Morgan fingerprint density at radius 1 is 1.28 bits per heavy atom. The molecule has 0 radical (unpaired) electrons. The van der Waals surface area contributed by atoms with Gasteiger partial charge in [-0.2, -0.15) is 23.5 Å². The number of fused-ring (bicyclic) bond motifs is 2. The molecule has 3 fully saturated rings. The predicted octanol–water partition coefficient (Wildman–Crippen LogP) is 1.32. The maximum atomic E-state index is 12.3. The topological polar surface area (TPSA) is 55.1 Å². The first-order valence-electron chi connectivity index (χ1n) is 6.98. The molecule has 18 heavy (non-hydrogen) atoms. The molecule has 102 valence electrons. The minimum absolute atomic E-state index is 0.102. The zero-order valence-electron chi connectivity index (χ0n) is 10.6. The summed E-state index contributed by atoms with van der Waals surface area (Å²) in [6, 6.07) is 0.122. The first-order chi connectivity index (χ1) is 8.75. The van der Waals surface area contributed by atoms with E-state index in [4.69, 9.17) is 5.73 Å². The van der Waals surface area contributed by atoms with Crippen LogP contribution in [-0.2, 0) is 4.79 Å². The van der Waals surface area contributed by atoms with Crippen LogP contribution in [0.1, 0.15) is 19.3 Å². The van der Waals surface area contributed by atoms with E-state index in [1.165, 1.54) is 36.5 Å². The van der Waals surface area contributed by atoms with Crippen molar-refractivity contribution in [1.82, 2.24) is 5.32 Å². The van der Waals surface area contributed by atoms with Gasteiger partial charge < -0.3 is 11.1 Å². The van der Waals surface area contributed by atoms with Crippen LogP contribution < -0.4 is 11.1 Å². The standard InChI is InChI=1S/C13H22N2OS2/c14-12-9-2-1-8(5-9)11(12)13(16)15-6-10-7-17-3-4-18-10/h8-12H,1-7,14H2,(H,15,16). The van der Waals surface area contributed by atoms with Gasteiger partial charge in [0.05, 0.1) is 5.92 Å². The zero-order chi connectivity index (χ0) is 12.5. The predicted molar refractivity (Wildman–Crippen MR) is 78.9 cm³/mol. The molecule has 2 saturated carbocycles. The van der Waals surface area contributed by atoms with E-state index in [1.54, 1.807) is 0 Å². The molecule has 3 rings (SSSR count). The Morgan fingerprint density at radius 2 is 2.11 bits per heavy atom. The molecule has 0 aromatic carbocycles. The summed E-state index contributed by atoms with van der Waals surface area (Å²) in [5, 5.41) is 3.76. The van der Waals surface area contributed by atoms with E-state index in [9.17, 15) is 4.79 Å². The first kappa shape index (κ1) is 13.1. The van der Waals surface area contributed by atoms with Crippen LogP contribution >= 0.6 is 23.5 Å². The molecule has 5 unspecified atom stereocenters. The van der Waals surface area contributed by atoms with Crippen LogP contribution in [0.3, 0.4) is 0 Å². The van der Waals surface area contributed by atoms with Gasteiger partial charge in [-0.1, -0.05) is 0 Å². The maximum absolute atomic E-state index is 12.3. The number of nitrogens with two attached hydrogens (primary N) is 1. The monoisotopic (exact) mass is 286 g/mol. The van der Waals surface area contributed by atoms with Crippen LogP contribution in [0.25, 0.3) is 0 Å². The highest BCUT2D eigenvalue weighted by molar-refractivity contribution is 8.06. The highest BCUT2D eigenvalue weighted by atomic mass is 32.2. The lowest BCUT2D eigenvalue weighted by Gasteiger charge is -2.28. The van der Waals surface area contributed by atoms with E-state index in [1.807, 2.05) is 23.5 Å². The second-order valence-electron chi connectivity index (χ2n) is 5.75. The van der Waals surface area contributed by atoms with Gasteiger partial charge >= 0.3 is 0 Å². The van der Waals surface area contributed by atoms with Gasteiger partial charge in [0.1, 0.15) is 0 Å². The largest absolute Gasteiger partial charge is 0.355 e. The van der Waals surface area contributed by atoms with E-state index >= 15 is 0 Å². The van der Waals surface area contributed by atoms with Crippen molar-refractivity contribution in [2.45, 2.75) is 30.6 Å². The number of amides is 1. The zero-order valence-corrected chi connectivity index (χ0v) is 12.3. The van der Waals surface area contributed by atoms with Crippen LogP contribution in [0, 0.1) is 17.8 Å². The molecule has 0 spiro atoms. The van der Waals surface area contributed by atoms with Gasteiger partial charge in [0.25, 0.3) is 0 Å². The third-order valence-corrected chi connectivity index (χ3v) is 7.52. The van der Waals surface area contributed by atoms with Crippen molar-refractivity contribution in [2.24, 2.45) is 23.5 Å². The molecule has 1 amide bonds. The van der Waals surface area contributed by atoms with Crippen molar-refractivity contribution in [1.29, 1.82) is 0 Å². The molecule has 2 aliphatic carbocycles. The number of hydrogen-bond donors (Lipinski definition) is 2. The molecule has 2 bridgehead atoms. The third kappa shape index (κ3) is 2.54. The van der Waals surface area contributed by atoms with Crippen LogP contribution in [0.2, 0.25) is 0 Å². The van der Waals surface area contributed by atoms with Gasteiger partial charge in [-0.05, 0) is 31.1 Å². The minimum atomic E-state index is 0.102. The summed E-state index contributed by atoms with van der Waals surface area (Å²) >= 11 is 4.00. The quantitative estimate of drug-likeness (QED) is 0.822. The summed E-state index contributed by atoms with van der Waals surface area (Å²) in [5.41, 5.74) is 6.20. The van der Waals surface area contributed by atoms with Crippen LogP contribution in [-0.4, -0.2) is 41.0 Å². The summed E-state index contributed by atoms with van der Waals surface area (Å²) in [6.07, 6.45) is 3.64. The smallest absolute Gasteiger partial charge is 0.225 e. The van der Waals surface area contributed by atoms with E-state index in [0.717, 1.165) is 6.54 Å². The first-order valence-corrected chi connectivity index (χ1v) is 9.18. The van der Waals surface area contributed by atoms with Crippen molar-refractivity contribution in [3.8, 4) is 0 Å². The van der Waals surface area contributed by atoms with Gasteiger partial charge in [0.2, 0.25) is 5.91 Å². The average molecular weight is 286 g/mol. The van der Waals surface area contributed by atoms with Crippen molar-refractivity contribution in [2.75, 3.05) is 23.8 Å². The van der Waals surface area contributed by atoms with Crippen LogP contribution in [0.5, 0.6) is 0 Å². The fourth-order valence-corrected chi connectivity index (χ4v) is 6.32. The Kier molecular flexibility index (Phi) is 4.11. The van der Waals surface area contributed by atoms with Crippen molar-refractivity contribution >= 4 is 29.4 Å². The molecular weight excluding hydrogens is 264 g/mol. The van der Waals surface area contributed by atoms with Crippen molar-refractivity contribution in [3.63, 3.8) is 0 Å². The van der Waals surface area contributed by atoms with E-state index in [-0.39, 0.29) is 17.9 Å². The molecule has 5 atom stereocenters. The number of hydrogen-bond acceptors (Lipinski definition) is 4. The van der Waals surface area contributed by atoms with E-state index in [2.05, 4.69) is 5.32 Å². The van der Waals surface area contributed by atoms with Gasteiger partial charge in [0.15, 0.2) is 0 Å². The second kappa shape index (κ2) is 5.63. The molecule has 1 saturated heterocycles. The summed E-state index contributed by atoms with van der Waals surface area (Å²) in [4.78, 5) is 12.3. The number of rotatable bonds is 3. The second-order valence-corrected chi connectivity index (χ2v) is 8.31. The van der Waals surface area contributed by atoms with Crippen LogP contribution in [0.4, 0.5) is 0 Å². The summed E-state index contributed by atoms with van der Waals surface area (Å²) in [7, 11) is 0. The number of carbonyl (C=O) groups excluding carboxylic acids is 1. The fraction of sp³-hybridized carbons (Fsp3) is 0.923. The minimum Gasteiger partial charge on any atom is -0.355 e. The Bertz CT molecular complexity index is 318. The lowest BCUT2D eigenvalue weighted by molar-refractivity contribution is -0.126. The number of thioether (sulfide) groups is 2. The molecule has 3 nitrogen and oxygen atoms in total. The molecule has 3 aliphatic rings.